The standard InChI is InChI=1S/C19H21N3O.ClH/c23-14-20-13-21-9-10-22-18-8-4-2-6-16(18)11-15-5-1-3-7-17(15)19(22)12-21;/h1-8,14,19H,9-13H2,(H,20,23);1H. The molecule has 126 valence electrons. The first kappa shape index (κ1) is 16.8. The summed E-state index contributed by atoms with van der Waals surface area (Å²) in [5.41, 5.74) is 5.59. The Morgan fingerprint density at radius 2 is 1.79 bits per heavy atom. The minimum Gasteiger partial charge on any atom is -0.362 e. The molecule has 1 unspecified atom stereocenters. The van der Waals surface area contributed by atoms with Gasteiger partial charge in [-0.15, -0.1) is 12.4 Å². The second-order valence-electron chi connectivity index (χ2n) is 6.27. The fraction of sp³-hybridized carbons (Fsp3) is 0.316. The first-order valence-corrected chi connectivity index (χ1v) is 8.18. The highest BCUT2D eigenvalue weighted by Crippen LogP contribution is 2.38. The number of para-hydroxylation sites is 1. The van der Waals surface area contributed by atoms with E-state index in [0.29, 0.717) is 12.7 Å². The maximum atomic E-state index is 10.6. The molecule has 0 saturated carbocycles. The number of amides is 1. The van der Waals surface area contributed by atoms with Crippen LogP contribution in [0.15, 0.2) is 48.5 Å². The lowest BCUT2D eigenvalue weighted by atomic mass is 9.96. The molecule has 24 heavy (non-hydrogen) atoms. The third-order valence-electron chi connectivity index (χ3n) is 4.96. The van der Waals surface area contributed by atoms with Crippen molar-refractivity contribution < 1.29 is 4.79 Å². The Balaban J connectivity index is 0.00000169. The second-order valence-corrected chi connectivity index (χ2v) is 6.27. The summed E-state index contributed by atoms with van der Waals surface area (Å²) in [6.45, 7) is 3.51. The van der Waals surface area contributed by atoms with Gasteiger partial charge in [-0.2, -0.15) is 0 Å². The Bertz CT molecular complexity index is 721. The fourth-order valence-corrected chi connectivity index (χ4v) is 3.87. The van der Waals surface area contributed by atoms with Gasteiger partial charge in [-0.1, -0.05) is 42.5 Å². The first-order chi connectivity index (χ1) is 11.4. The van der Waals surface area contributed by atoms with Gasteiger partial charge < -0.3 is 10.2 Å². The first-order valence-electron chi connectivity index (χ1n) is 8.18. The number of halogens is 1. The van der Waals surface area contributed by atoms with Crippen LogP contribution >= 0.6 is 12.4 Å². The zero-order chi connectivity index (χ0) is 15.6. The summed E-state index contributed by atoms with van der Waals surface area (Å²) >= 11 is 0. The van der Waals surface area contributed by atoms with Gasteiger partial charge in [0, 0.05) is 25.3 Å². The van der Waals surface area contributed by atoms with Crippen LogP contribution in [0.1, 0.15) is 22.7 Å². The molecule has 4 rings (SSSR count). The molecular weight excluding hydrogens is 322 g/mol. The van der Waals surface area contributed by atoms with Crippen LogP contribution in [0.4, 0.5) is 5.69 Å². The largest absolute Gasteiger partial charge is 0.362 e. The number of hydrogen-bond donors (Lipinski definition) is 1. The van der Waals surface area contributed by atoms with Crippen molar-refractivity contribution in [1.29, 1.82) is 0 Å². The van der Waals surface area contributed by atoms with Crippen LogP contribution in [0, 0.1) is 0 Å². The molecule has 2 aliphatic heterocycles. The molecule has 2 aromatic carbocycles. The van der Waals surface area contributed by atoms with E-state index < -0.39 is 0 Å². The Hall–Kier alpha value is -2.04. The predicted molar refractivity (Wildman–Crippen MR) is 98.7 cm³/mol. The van der Waals surface area contributed by atoms with Gasteiger partial charge >= 0.3 is 0 Å². The van der Waals surface area contributed by atoms with Crippen LogP contribution in [0.5, 0.6) is 0 Å². The van der Waals surface area contributed by atoms with Gasteiger partial charge in [0.05, 0.1) is 12.7 Å². The van der Waals surface area contributed by atoms with Gasteiger partial charge in [0.1, 0.15) is 0 Å². The quantitative estimate of drug-likeness (QED) is 0.870. The molecule has 2 aliphatic rings. The molecule has 0 spiro atoms. The number of benzene rings is 2. The van der Waals surface area contributed by atoms with Crippen LogP contribution in [-0.4, -0.2) is 37.6 Å². The van der Waals surface area contributed by atoms with E-state index in [0.717, 1.165) is 32.5 Å². The summed E-state index contributed by atoms with van der Waals surface area (Å²) in [6, 6.07) is 17.9. The maximum absolute atomic E-state index is 10.6. The fourth-order valence-electron chi connectivity index (χ4n) is 3.87. The van der Waals surface area contributed by atoms with Crippen molar-refractivity contribution in [2.24, 2.45) is 0 Å². The number of rotatable bonds is 3. The van der Waals surface area contributed by atoms with Crippen molar-refractivity contribution in [2.45, 2.75) is 12.5 Å². The van der Waals surface area contributed by atoms with E-state index in [9.17, 15) is 4.79 Å². The zero-order valence-electron chi connectivity index (χ0n) is 13.5. The monoisotopic (exact) mass is 343 g/mol. The molecular formula is C19H22ClN3O. The van der Waals surface area contributed by atoms with Crippen LogP contribution in [0.2, 0.25) is 0 Å². The lowest BCUT2D eigenvalue weighted by Crippen LogP contribution is -2.50. The zero-order valence-corrected chi connectivity index (χ0v) is 14.3. The number of carbonyl (C=O) groups excluding carboxylic acids is 1. The molecule has 2 heterocycles. The minimum absolute atomic E-state index is 0. The number of fused-ring (bicyclic) bond motifs is 5. The Labute approximate surface area is 148 Å². The summed E-state index contributed by atoms with van der Waals surface area (Å²) in [6.07, 6.45) is 1.77. The average Bonchev–Trinajstić information content (AvgIpc) is 2.74. The Morgan fingerprint density at radius 1 is 1.04 bits per heavy atom. The predicted octanol–water partition coefficient (Wildman–Crippen LogP) is 2.58. The molecule has 1 saturated heterocycles. The van der Waals surface area contributed by atoms with Crippen LogP contribution in [0.25, 0.3) is 0 Å². The molecule has 0 bridgehead atoms. The Morgan fingerprint density at radius 3 is 2.62 bits per heavy atom. The summed E-state index contributed by atoms with van der Waals surface area (Å²) in [7, 11) is 0. The van der Waals surface area contributed by atoms with Gasteiger partial charge in [0.2, 0.25) is 6.41 Å². The number of hydrogen-bond acceptors (Lipinski definition) is 3. The molecule has 1 fully saturated rings. The van der Waals surface area contributed by atoms with E-state index in [1.54, 1.807) is 0 Å². The number of nitrogens with zero attached hydrogens (tertiary/aromatic N) is 2. The van der Waals surface area contributed by atoms with E-state index in [-0.39, 0.29) is 12.4 Å². The molecule has 1 N–H and O–H groups in total. The summed E-state index contributed by atoms with van der Waals surface area (Å²) in [5.74, 6) is 0. The van der Waals surface area contributed by atoms with Crippen molar-refractivity contribution in [2.75, 3.05) is 31.2 Å². The van der Waals surface area contributed by atoms with Crippen molar-refractivity contribution in [3.63, 3.8) is 0 Å². The molecule has 0 aliphatic carbocycles. The van der Waals surface area contributed by atoms with Crippen LogP contribution < -0.4 is 10.2 Å². The number of anilines is 1. The molecule has 2 aromatic rings. The third kappa shape index (κ3) is 2.99. The molecule has 5 heteroatoms. The van der Waals surface area contributed by atoms with Gasteiger partial charge in [0.25, 0.3) is 0 Å². The lowest BCUT2D eigenvalue weighted by Gasteiger charge is -2.43. The van der Waals surface area contributed by atoms with E-state index in [1.807, 2.05) is 0 Å². The van der Waals surface area contributed by atoms with Crippen LogP contribution in [0.3, 0.4) is 0 Å². The Kier molecular flexibility index (Phi) is 5.07. The van der Waals surface area contributed by atoms with E-state index in [1.165, 1.54) is 22.4 Å². The van der Waals surface area contributed by atoms with Crippen molar-refractivity contribution in [3.05, 3.63) is 65.2 Å². The number of nitrogens with one attached hydrogen (secondary N) is 1. The van der Waals surface area contributed by atoms with Gasteiger partial charge in [-0.3, -0.25) is 9.69 Å². The molecule has 1 atom stereocenters. The average molecular weight is 344 g/mol. The van der Waals surface area contributed by atoms with Crippen molar-refractivity contribution in [3.8, 4) is 0 Å². The van der Waals surface area contributed by atoms with Gasteiger partial charge in [-0.25, -0.2) is 0 Å². The normalized spacial score (nSPS) is 19.2. The highest BCUT2D eigenvalue weighted by Gasteiger charge is 2.32. The summed E-state index contributed by atoms with van der Waals surface area (Å²) in [5, 5.41) is 2.80. The minimum atomic E-state index is 0. The molecule has 1 amide bonds. The molecule has 0 radical (unpaired) electrons. The van der Waals surface area contributed by atoms with Crippen LogP contribution in [-0.2, 0) is 11.2 Å². The third-order valence-corrected chi connectivity index (χ3v) is 4.96. The molecule has 4 nitrogen and oxygen atoms in total. The highest BCUT2D eigenvalue weighted by molar-refractivity contribution is 5.85. The summed E-state index contributed by atoms with van der Waals surface area (Å²) < 4.78 is 0. The highest BCUT2D eigenvalue weighted by atomic mass is 35.5. The molecule has 0 aromatic heterocycles. The van der Waals surface area contributed by atoms with Crippen molar-refractivity contribution >= 4 is 24.5 Å². The van der Waals surface area contributed by atoms with Gasteiger partial charge in [-0.05, 0) is 29.2 Å². The van der Waals surface area contributed by atoms with E-state index in [2.05, 4.69) is 63.6 Å². The van der Waals surface area contributed by atoms with E-state index in [4.69, 9.17) is 0 Å². The maximum Gasteiger partial charge on any atom is 0.208 e. The number of piperazine rings is 1. The SMILES string of the molecule is Cl.O=CNCN1CCN2c3ccccc3Cc3ccccc3C2C1. The van der Waals surface area contributed by atoms with Crippen molar-refractivity contribution in [1.82, 2.24) is 10.2 Å². The summed E-state index contributed by atoms with van der Waals surface area (Å²) in [4.78, 5) is 15.5. The van der Waals surface area contributed by atoms with E-state index >= 15 is 0 Å². The smallest absolute Gasteiger partial charge is 0.208 e. The number of carbonyl (C=O) groups is 1. The van der Waals surface area contributed by atoms with Gasteiger partial charge in [0.15, 0.2) is 0 Å². The topological polar surface area (TPSA) is 35.6 Å². The lowest BCUT2D eigenvalue weighted by molar-refractivity contribution is -0.110. The second kappa shape index (κ2) is 7.24.